The normalized spacial score (nSPS) is 10.5. The maximum Gasteiger partial charge on any atom is 0.232 e. The van der Waals surface area contributed by atoms with E-state index < -0.39 is 0 Å². The van der Waals surface area contributed by atoms with E-state index in [1.165, 1.54) is 10.9 Å². The summed E-state index contributed by atoms with van der Waals surface area (Å²) in [5.41, 5.74) is 1.51. The van der Waals surface area contributed by atoms with E-state index in [1.54, 1.807) is 18.5 Å². The molecule has 2 rings (SSSR count). The molecule has 0 aliphatic rings. The van der Waals surface area contributed by atoms with Gasteiger partial charge in [0, 0.05) is 12.6 Å². The molecule has 65 valence electrons. The molecule has 0 saturated heterocycles. The summed E-state index contributed by atoms with van der Waals surface area (Å²) in [6, 6.07) is 1.76. The fourth-order valence-electron chi connectivity index (χ4n) is 1.18. The van der Waals surface area contributed by atoms with Gasteiger partial charge in [0.25, 0.3) is 0 Å². The minimum Gasteiger partial charge on any atom is -0.274 e. The first kappa shape index (κ1) is 7.91. The smallest absolute Gasteiger partial charge is 0.232 e. The van der Waals surface area contributed by atoms with E-state index in [9.17, 15) is 4.79 Å². The van der Waals surface area contributed by atoms with Gasteiger partial charge in [-0.3, -0.25) is 14.3 Å². The van der Waals surface area contributed by atoms with E-state index in [0.29, 0.717) is 0 Å². The maximum atomic E-state index is 11.3. The highest BCUT2D eigenvalue weighted by Gasteiger charge is 2.06. The van der Waals surface area contributed by atoms with Gasteiger partial charge in [-0.2, -0.15) is 0 Å². The van der Waals surface area contributed by atoms with E-state index in [-0.39, 0.29) is 12.3 Å². The number of aromatic nitrogens is 3. The third-order valence-electron chi connectivity index (χ3n) is 1.83. The van der Waals surface area contributed by atoms with Crippen molar-refractivity contribution in [3.8, 4) is 0 Å². The van der Waals surface area contributed by atoms with Crippen LogP contribution in [0, 0.1) is 6.92 Å². The molecular formula is C9H8N3O. The predicted molar refractivity (Wildman–Crippen MR) is 48.1 cm³/mol. The first-order valence-corrected chi connectivity index (χ1v) is 3.92. The van der Waals surface area contributed by atoms with Crippen molar-refractivity contribution in [3.05, 3.63) is 31.7 Å². The van der Waals surface area contributed by atoms with Crippen molar-refractivity contribution in [1.29, 1.82) is 0 Å². The van der Waals surface area contributed by atoms with Crippen molar-refractivity contribution >= 4 is 16.9 Å². The Hall–Kier alpha value is -1.71. The van der Waals surface area contributed by atoms with Crippen LogP contribution >= 0.6 is 0 Å². The molecular weight excluding hydrogens is 166 g/mol. The van der Waals surface area contributed by atoms with Gasteiger partial charge >= 0.3 is 0 Å². The van der Waals surface area contributed by atoms with Crippen molar-refractivity contribution in [2.75, 3.05) is 0 Å². The van der Waals surface area contributed by atoms with Crippen LogP contribution in [-0.4, -0.2) is 20.4 Å². The molecule has 1 radical (unpaired) electrons. The summed E-state index contributed by atoms with van der Waals surface area (Å²) in [5, 5.41) is 0. The van der Waals surface area contributed by atoms with Gasteiger partial charge in [-0.15, -0.1) is 0 Å². The zero-order valence-electron chi connectivity index (χ0n) is 6.97. The molecule has 0 aliphatic carbocycles. The molecule has 0 saturated carbocycles. The van der Waals surface area contributed by atoms with Gasteiger partial charge in [-0.1, -0.05) is 0 Å². The van der Waals surface area contributed by atoms with Crippen molar-refractivity contribution < 1.29 is 4.79 Å². The van der Waals surface area contributed by atoms with Crippen LogP contribution in [0.2, 0.25) is 0 Å². The third-order valence-corrected chi connectivity index (χ3v) is 1.83. The SMILES string of the molecule is [CH2]CC(=O)n1cnc2cnccc21. The Morgan fingerprint density at radius 2 is 2.46 bits per heavy atom. The molecule has 2 aromatic heterocycles. The van der Waals surface area contributed by atoms with Crippen LogP contribution in [0.15, 0.2) is 24.8 Å². The molecule has 2 aromatic rings. The highest BCUT2D eigenvalue weighted by molar-refractivity contribution is 5.89. The largest absolute Gasteiger partial charge is 0.274 e. The van der Waals surface area contributed by atoms with Crippen LogP contribution in [0.4, 0.5) is 0 Å². The number of nitrogens with zero attached hydrogens (tertiary/aromatic N) is 3. The van der Waals surface area contributed by atoms with Crippen LogP contribution < -0.4 is 0 Å². The van der Waals surface area contributed by atoms with Gasteiger partial charge in [-0.25, -0.2) is 4.98 Å². The lowest BCUT2D eigenvalue weighted by molar-refractivity contribution is 0.0921. The van der Waals surface area contributed by atoms with Gasteiger partial charge in [-0.05, 0) is 13.0 Å². The van der Waals surface area contributed by atoms with Crippen LogP contribution in [0.5, 0.6) is 0 Å². The molecule has 0 atom stereocenters. The van der Waals surface area contributed by atoms with E-state index in [4.69, 9.17) is 0 Å². The fourth-order valence-corrected chi connectivity index (χ4v) is 1.18. The molecule has 13 heavy (non-hydrogen) atoms. The Morgan fingerprint density at radius 3 is 3.23 bits per heavy atom. The van der Waals surface area contributed by atoms with Gasteiger partial charge in [0.2, 0.25) is 5.91 Å². The maximum absolute atomic E-state index is 11.3. The second-order valence-corrected chi connectivity index (χ2v) is 2.62. The Bertz CT molecular complexity index is 447. The van der Waals surface area contributed by atoms with Crippen molar-refractivity contribution in [1.82, 2.24) is 14.5 Å². The standard InChI is InChI=1S/C9H8N3O/c1-2-9(13)12-6-11-7-5-10-4-3-8(7)12/h3-6H,1-2H2. The molecule has 0 spiro atoms. The topological polar surface area (TPSA) is 47.8 Å². The first-order chi connectivity index (χ1) is 6.33. The minimum absolute atomic E-state index is 0.0614. The average molecular weight is 174 g/mol. The summed E-state index contributed by atoms with van der Waals surface area (Å²) in [7, 11) is 0. The lowest BCUT2D eigenvalue weighted by Gasteiger charge is -1.97. The Kier molecular flexibility index (Phi) is 1.81. The highest BCUT2D eigenvalue weighted by atomic mass is 16.2. The van der Waals surface area contributed by atoms with Crippen LogP contribution in [0.25, 0.3) is 11.0 Å². The minimum atomic E-state index is -0.0614. The summed E-state index contributed by atoms with van der Waals surface area (Å²) in [4.78, 5) is 19.3. The number of carbonyl (C=O) groups excluding carboxylic acids is 1. The van der Waals surface area contributed by atoms with Gasteiger partial charge in [0.15, 0.2) is 0 Å². The van der Waals surface area contributed by atoms with Crippen molar-refractivity contribution in [2.24, 2.45) is 0 Å². The monoisotopic (exact) mass is 174 g/mol. The van der Waals surface area contributed by atoms with E-state index in [1.807, 2.05) is 0 Å². The highest BCUT2D eigenvalue weighted by Crippen LogP contribution is 2.10. The zero-order valence-corrected chi connectivity index (χ0v) is 6.97. The molecule has 0 amide bonds. The zero-order chi connectivity index (χ0) is 9.26. The number of carbonyl (C=O) groups is 1. The molecule has 0 bridgehead atoms. The van der Waals surface area contributed by atoms with Crippen LogP contribution in [0.1, 0.15) is 11.2 Å². The summed E-state index contributed by atoms with van der Waals surface area (Å²) in [6.45, 7) is 3.53. The van der Waals surface area contributed by atoms with Crippen LogP contribution in [0.3, 0.4) is 0 Å². The van der Waals surface area contributed by atoms with Crippen LogP contribution in [-0.2, 0) is 0 Å². The number of imidazole rings is 1. The summed E-state index contributed by atoms with van der Waals surface area (Å²) >= 11 is 0. The number of hydrogen-bond acceptors (Lipinski definition) is 3. The van der Waals surface area contributed by atoms with Crippen molar-refractivity contribution in [2.45, 2.75) is 6.42 Å². The molecule has 4 nitrogen and oxygen atoms in total. The van der Waals surface area contributed by atoms with Gasteiger partial charge in [0.1, 0.15) is 11.8 Å². The molecule has 0 N–H and O–H groups in total. The second-order valence-electron chi connectivity index (χ2n) is 2.62. The fraction of sp³-hybridized carbons (Fsp3) is 0.111. The van der Waals surface area contributed by atoms with E-state index in [2.05, 4.69) is 16.9 Å². The van der Waals surface area contributed by atoms with Gasteiger partial charge < -0.3 is 0 Å². The lowest BCUT2D eigenvalue weighted by Crippen LogP contribution is -2.06. The number of rotatable bonds is 1. The Morgan fingerprint density at radius 1 is 1.62 bits per heavy atom. The molecule has 0 unspecified atom stereocenters. The Labute approximate surface area is 75.2 Å². The number of hydrogen-bond donors (Lipinski definition) is 0. The van der Waals surface area contributed by atoms with Crippen molar-refractivity contribution in [3.63, 3.8) is 0 Å². The molecule has 0 aliphatic heterocycles. The summed E-state index contributed by atoms with van der Waals surface area (Å²) in [5.74, 6) is -0.0614. The molecule has 4 heteroatoms. The third kappa shape index (κ3) is 1.20. The second kappa shape index (κ2) is 2.97. The number of pyridine rings is 1. The predicted octanol–water partition coefficient (Wildman–Crippen LogP) is 1.30. The van der Waals surface area contributed by atoms with E-state index in [0.717, 1.165) is 11.0 Å². The molecule has 0 fully saturated rings. The Balaban J connectivity index is 2.64. The molecule has 0 aromatic carbocycles. The molecule has 2 heterocycles. The first-order valence-electron chi connectivity index (χ1n) is 3.92. The average Bonchev–Trinajstić information content (AvgIpc) is 2.60. The van der Waals surface area contributed by atoms with E-state index >= 15 is 0 Å². The number of fused-ring (bicyclic) bond motifs is 1. The lowest BCUT2D eigenvalue weighted by atomic mass is 10.4. The quantitative estimate of drug-likeness (QED) is 0.654. The van der Waals surface area contributed by atoms with Gasteiger partial charge in [0.05, 0.1) is 11.7 Å². The summed E-state index contributed by atoms with van der Waals surface area (Å²) < 4.78 is 1.49. The summed E-state index contributed by atoms with van der Waals surface area (Å²) in [6.07, 6.45) is 4.99.